The summed E-state index contributed by atoms with van der Waals surface area (Å²) in [6.07, 6.45) is 0. The predicted octanol–water partition coefficient (Wildman–Crippen LogP) is 4.86. The van der Waals surface area contributed by atoms with Gasteiger partial charge in [0.25, 0.3) is 11.8 Å². The maximum absolute atomic E-state index is 13.3. The standard InChI is InChI=1S/C20H15Cl3N2O3S/c21-12-1-3-16(4-2-12)29-18-17(24-5-7-28-8-6-24)19(26)25(20(18)27)15-10-13(22)9-14(23)11-15/h1-4,9-11H,5-8H2. The quantitative estimate of drug-likeness (QED) is 0.599. The van der Waals surface area contributed by atoms with Crippen molar-refractivity contribution < 1.29 is 14.3 Å². The number of carbonyl (C=O) groups excluding carboxylic acids is 2. The van der Waals surface area contributed by atoms with Gasteiger partial charge in [-0.15, -0.1) is 0 Å². The zero-order chi connectivity index (χ0) is 20.5. The molecule has 2 amide bonds. The Labute approximate surface area is 187 Å². The molecule has 29 heavy (non-hydrogen) atoms. The average molecular weight is 470 g/mol. The van der Waals surface area contributed by atoms with Crippen LogP contribution < -0.4 is 4.90 Å². The van der Waals surface area contributed by atoms with Gasteiger partial charge < -0.3 is 9.64 Å². The predicted molar refractivity (Wildman–Crippen MR) is 116 cm³/mol. The SMILES string of the molecule is O=C1C(Sc2ccc(Cl)cc2)=C(N2CCOCC2)C(=O)N1c1cc(Cl)cc(Cl)c1. The Balaban J connectivity index is 1.75. The third kappa shape index (κ3) is 4.27. The van der Waals surface area contributed by atoms with Crippen LogP contribution in [0.3, 0.4) is 0 Å². The molecule has 150 valence electrons. The second kappa shape index (κ2) is 8.58. The van der Waals surface area contributed by atoms with Gasteiger partial charge in [0, 0.05) is 33.1 Å². The highest BCUT2D eigenvalue weighted by Crippen LogP contribution is 2.40. The molecule has 0 saturated carbocycles. The number of thioether (sulfide) groups is 1. The first-order valence-corrected chi connectivity index (χ1v) is 10.7. The third-order valence-electron chi connectivity index (χ3n) is 4.48. The minimum absolute atomic E-state index is 0.343. The highest BCUT2D eigenvalue weighted by atomic mass is 35.5. The fourth-order valence-corrected chi connectivity index (χ4v) is 4.82. The Bertz CT molecular complexity index is 984. The Morgan fingerprint density at radius 3 is 2.07 bits per heavy atom. The Hall–Kier alpha value is -1.70. The molecule has 0 radical (unpaired) electrons. The molecule has 9 heteroatoms. The first-order chi connectivity index (χ1) is 13.9. The molecule has 0 unspecified atom stereocenters. The maximum atomic E-state index is 13.3. The molecule has 0 N–H and O–H groups in total. The van der Waals surface area contributed by atoms with Crippen LogP contribution in [-0.4, -0.2) is 43.0 Å². The van der Waals surface area contributed by atoms with Crippen molar-refractivity contribution in [2.75, 3.05) is 31.2 Å². The van der Waals surface area contributed by atoms with Gasteiger partial charge in [-0.2, -0.15) is 0 Å². The Kier molecular flexibility index (Phi) is 6.08. The minimum Gasteiger partial charge on any atom is -0.378 e. The largest absolute Gasteiger partial charge is 0.378 e. The number of amides is 2. The monoisotopic (exact) mass is 468 g/mol. The summed E-state index contributed by atoms with van der Waals surface area (Å²) in [5.41, 5.74) is 0.712. The first-order valence-electron chi connectivity index (χ1n) is 8.79. The van der Waals surface area contributed by atoms with E-state index in [0.717, 1.165) is 9.80 Å². The molecular formula is C20H15Cl3N2O3S. The van der Waals surface area contributed by atoms with Crippen molar-refractivity contribution in [3.05, 3.63) is 68.1 Å². The van der Waals surface area contributed by atoms with Crippen LogP contribution >= 0.6 is 46.6 Å². The number of ether oxygens (including phenoxy) is 1. The smallest absolute Gasteiger partial charge is 0.283 e. The molecule has 2 heterocycles. The summed E-state index contributed by atoms with van der Waals surface area (Å²) in [4.78, 5) is 30.8. The van der Waals surface area contributed by atoms with E-state index in [2.05, 4.69) is 0 Å². The summed E-state index contributed by atoms with van der Waals surface area (Å²) in [5, 5.41) is 1.29. The van der Waals surface area contributed by atoms with E-state index >= 15 is 0 Å². The van der Waals surface area contributed by atoms with Gasteiger partial charge in [0.1, 0.15) is 10.6 Å². The van der Waals surface area contributed by atoms with Crippen molar-refractivity contribution in [1.29, 1.82) is 0 Å². The van der Waals surface area contributed by atoms with Crippen LogP contribution in [0, 0.1) is 0 Å². The highest BCUT2D eigenvalue weighted by Gasteiger charge is 2.43. The van der Waals surface area contributed by atoms with Gasteiger partial charge in [-0.1, -0.05) is 46.6 Å². The van der Waals surface area contributed by atoms with Gasteiger partial charge in [-0.3, -0.25) is 9.59 Å². The summed E-state index contributed by atoms with van der Waals surface area (Å²) < 4.78 is 5.40. The molecule has 0 aromatic heterocycles. The maximum Gasteiger partial charge on any atom is 0.283 e. The lowest BCUT2D eigenvalue weighted by Gasteiger charge is -2.29. The normalized spacial score (nSPS) is 17.5. The van der Waals surface area contributed by atoms with E-state index < -0.39 is 11.8 Å². The number of hydrogen-bond donors (Lipinski definition) is 0. The first kappa shape index (κ1) is 20.6. The van der Waals surface area contributed by atoms with Gasteiger partial charge in [0.05, 0.1) is 18.9 Å². The fraction of sp³-hybridized carbons (Fsp3) is 0.200. The number of anilines is 1. The second-order valence-corrected chi connectivity index (χ2v) is 8.80. The van der Waals surface area contributed by atoms with Crippen molar-refractivity contribution in [2.45, 2.75) is 4.90 Å². The van der Waals surface area contributed by atoms with Crippen molar-refractivity contribution >= 4 is 64.1 Å². The number of nitrogens with zero attached hydrogens (tertiary/aromatic N) is 2. The summed E-state index contributed by atoms with van der Waals surface area (Å²) in [5.74, 6) is -0.804. The lowest BCUT2D eigenvalue weighted by Crippen LogP contribution is -2.40. The third-order valence-corrected chi connectivity index (χ3v) is 6.25. The second-order valence-electron chi connectivity index (χ2n) is 6.41. The molecule has 1 fully saturated rings. The van der Waals surface area contributed by atoms with E-state index in [-0.39, 0.29) is 0 Å². The average Bonchev–Trinajstić information content (AvgIpc) is 2.93. The molecule has 1 saturated heterocycles. The Morgan fingerprint density at radius 1 is 0.828 bits per heavy atom. The molecule has 0 bridgehead atoms. The molecule has 0 aliphatic carbocycles. The number of imide groups is 1. The molecule has 5 nitrogen and oxygen atoms in total. The van der Waals surface area contributed by atoms with Gasteiger partial charge in [0.2, 0.25) is 0 Å². The zero-order valence-corrected chi connectivity index (χ0v) is 18.1. The zero-order valence-electron chi connectivity index (χ0n) is 15.0. The molecule has 2 aliphatic heterocycles. The van der Waals surface area contributed by atoms with E-state index in [9.17, 15) is 9.59 Å². The van der Waals surface area contributed by atoms with Crippen LogP contribution in [0.5, 0.6) is 0 Å². The van der Waals surface area contributed by atoms with Crippen LogP contribution in [0.1, 0.15) is 0 Å². The molecular weight excluding hydrogens is 455 g/mol. The summed E-state index contributed by atoms with van der Waals surface area (Å²) in [6.45, 7) is 2.05. The van der Waals surface area contributed by atoms with Crippen LogP contribution in [0.2, 0.25) is 15.1 Å². The van der Waals surface area contributed by atoms with Crippen molar-refractivity contribution in [1.82, 2.24) is 4.90 Å². The fourth-order valence-electron chi connectivity index (χ4n) is 3.18. The van der Waals surface area contributed by atoms with E-state index in [1.165, 1.54) is 11.8 Å². The topological polar surface area (TPSA) is 49.9 Å². The number of rotatable bonds is 4. The van der Waals surface area contributed by atoms with Crippen molar-refractivity contribution in [3.63, 3.8) is 0 Å². The van der Waals surface area contributed by atoms with E-state index in [1.54, 1.807) is 30.3 Å². The molecule has 0 spiro atoms. The molecule has 2 aromatic carbocycles. The number of carbonyl (C=O) groups is 2. The summed E-state index contributed by atoms with van der Waals surface area (Å²) in [6, 6.07) is 11.8. The lowest BCUT2D eigenvalue weighted by molar-refractivity contribution is -0.121. The van der Waals surface area contributed by atoms with Crippen LogP contribution in [0.4, 0.5) is 5.69 Å². The van der Waals surface area contributed by atoms with Crippen LogP contribution in [0.15, 0.2) is 58.0 Å². The van der Waals surface area contributed by atoms with Gasteiger partial charge in [-0.05, 0) is 42.5 Å². The number of morpholine rings is 1. The lowest BCUT2D eigenvalue weighted by atomic mass is 10.3. The molecule has 2 aromatic rings. The van der Waals surface area contributed by atoms with Crippen LogP contribution in [-0.2, 0) is 14.3 Å². The van der Waals surface area contributed by atoms with Crippen molar-refractivity contribution in [2.24, 2.45) is 0 Å². The molecule has 0 atom stereocenters. The number of halogens is 3. The van der Waals surface area contributed by atoms with Crippen molar-refractivity contribution in [3.8, 4) is 0 Å². The molecule has 2 aliphatic rings. The van der Waals surface area contributed by atoms with Crippen LogP contribution in [0.25, 0.3) is 0 Å². The molecule has 4 rings (SSSR count). The minimum atomic E-state index is -0.408. The van der Waals surface area contributed by atoms with E-state index in [1.807, 2.05) is 17.0 Å². The van der Waals surface area contributed by atoms with E-state index in [0.29, 0.717) is 57.7 Å². The van der Waals surface area contributed by atoms with Gasteiger partial charge in [0.15, 0.2) is 0 Å². The summed E-state index contributed by atoms with van der Waals surface area (Å²) >= 11 is 19.4. The number of benzene rings is 2. The summed E-state index contributed by atoms with van der Waals surface area (Å²) in [7, 11) is 0. The Morgan fingerprint density at radius 2 is 1.45 bits per heavy atom. The van der Waals surface area contributed by atoms with Gasteiger partial charge >= 0.3 is 0 Å². The van der Waals surface area contributed by atoms with Gasteiger partial charge in [-0.25, -0.2) is 4.90 Å². The van der Waals surface area contributed by atoms with E-state index in [4.69, 9.17) is 39.5 Å². The highest BCUT2D eigenvalue weighted by molar-refractivity contribution is 8.04. The number of hydrogen-bond acceptors (Lipinski definition) is 5.